The van der Waals surface area contributed by atoms with Gasteiger partial charge in [-0.05, 0) is 38.3 Å². The predicted octanol–water partition coefficient (Wildman–Crippen LogP) is 2.14. The Balaban J connectivity index is 2.41. The topological polar surface area (TPSA) is 88.0 Å². The second-order valence-electron chi connectivity index (χ2n) is 6.40. The van der Waals surface area contributed by atoms with Crippen LogP contribution in [0.3, 0.4) is 0 Å². The van der Waals surface area contributed by atoms with E-state index in [0.29, 0.717) is 12.2 Å². The summed E-state index contributed by atoms with van der Waals surface area (Å²) in [7, 11) is 1.62. The first-order valence-electron chi connectivity index (χ1n) is 7.63. The average Bonchev–Trinajstić information content (AvgIpc) is 2.45. The molecule has 6 nitrogen and oxygen atoms in total. The number of hydrogen-bond acceptors (Lipinski definition) is 5. The van der Waals surface area contributed by atoms with Crippen molar-refractivity contribution in [2.24, 2.45) is 0 Å². The average molecular weight is 325 g/mol. The Kier molecular flexibility index (Phi) is 7.48. The lowest BCUT2D eigenvalue weighted by atomic mass is 10.0. The summed E-state index contributed by atoms with van der Waals surface area (Å²) in [4.78, 5) is 11.5. The number of rotatable bonds is 7. The van der Waals surface area contributed by atoms with E-state index in [-0.39, 0.29) is 13.0 Å². The molecule has 0 bridgehead atoms. The molecule has 0 aliphatic heterocycles. The molecule has 0 aliphatic carbocycles. The third-order valence-corrected chi connectivity index (χ3v) is 3.11. The van der Waals surface area contributed by atoms with Gasteiger partial charge in [-0.25, -0.2) is 4.79 Å². The molecule has 2 atom stereocenters. The number of hydrogen-bond donors (Lipinski definition) is 3. The van der Waals surface area contributed by atoms with E-state index in [2.05, 4.69) is 5.32 Å². The molecule has 1 rings (SSSR count). The van der Waals surface area contributed by atoms with Gasteiger partial charge in [-0.1, -0.05) is 24.3 Å². The van der Waals surface area contributed by atoms with Gasteiger partial charge in [-0.15, -0.1) is 0 Å². The standard InChI is InChI=1S/C17H27NO5/c1-17(2,3)23-16(21)18-10-9-14(19)15(20)13-7-5-12(6-8-13)11-22-4/h5-8,14-15,19-20H,9-11H2,1-4H3,(H,18,21). The van der Waals surface area contributed by atoms with Gasteiger partial charge in [-0.3, -0.25) is 0 Å². The van der Waals surface area contributed by atoms with E-state index in [1.54, 1.807) is 40.0 Å². The van der Waals surface area contributed by atoms with Crippen molar-refractivity contribution in [3.8, 4) is 0 Å². The van der Waals surface area contributed by atoms with Crippen LogP contribution in [0.2, 0.25) is 0 Å². The summed E-state index contributed by atoms with van der Waals surface area (Å²) in [6.45, 7) is 6.04. The molecule has 0 radical (unpaired) electrons. The lowest BCUT2D eigenvalue weighted by Crippen LogP contribution is -2.34. The number of nitrogens with one attached hydrogen (secondary N) is 1. The zero-order valence-electron chi connectivity index (χ0n) is 14.2. The van der Waals surface area contributed by atoms with Crippen LogP contribution in [0.1, 0.15) is 44.4 Å². The zero-order valence-corrected chi connectivity index (χ0v) is 14.2. The predicted molar refractivity (Wildman–Crippen MR) is 87.0 cm³/mol. The van der Waals surface area contributed by atoms with Crippen molar-refractivity contribution in [3.05, 3.63) is 35.4 Å². The fraction of sp³-hybridized carbons (Fsp3) is 0.588. The lowest BCUT2D eigenvalue weighted by Gasteiger charge is -2.21. The van der Waals surface area contributed by atoms with Crippen molar-refractivity contribution in [1.82, 2.24) is 5.32 Å². The van der Waals surface area contributed by atoms with E-state index in [0.717, 1.165) is 5.56 Å². The first kappa shape index (κ1) is 19.4. The summed E-state index contributed by atoms with van der Waals surface area (Å²) in [6, 6.07) is 7.19. The van der Waals surface area contributed by atoms with Crippen molar-refractivity contribution in [3.63, 3.8) is 0 Å². The van der Waals surface area contributed by atoms with E-state index in [9.17, 15) is 15.0 Å². The van der Waals surface area contributed by atoms with Gasteiger partial charge < -0.3 is 25.0 Å². The van der Waals surface area contributed by atoms with Gasteiger partial charge in [0.25, 0.3) is 0 Å². The number of alkyl carbamates (subject to hydrolysis) is 1. The van der Waals surface area contributed by atoms with Crippen LogP contribution in [0.4, 0.5) is 4.79 Å². The van der Waals surface area contributed by atoms with Crippen molar-refractivity contribution < 1.29 is 24.5 Å². The molecule has 2 unspecified atom stereocenters. The summed E-state index contributed by atoms with van der Waals surface area (Å²) in [5.41, 5.74) is 1.05. The molecule has 0 aliphatic rings. The molecule has 1 amide bonds. The highest BCUT2D eigenvalue weighted by Gasteiger charge is 2.20. The molecule has 6 heteroatoms. The number of aliphatic hydroxyl groups is 2. The monoisotopic (exact) mass is 325 g/mol. The minimum atomic E-state index is -1.01. The Morgan fingerprint density at radius 2 is 1.83 bits per heavy atom. The van der Waals surface area contributed by atoms with E-state index in [1.807, 2.05) is 12.1 Å². The van der Waals surface area contributed by atoms with E-state index >= 15 is 0 Å². The van der Waals surface area contributed by atoms with E-state index in [4.69, 9.17) is 9.47 Å². The van der Waals surface area contributed by atoms with Gasteiger partial charge in [0, 0.05) is 13.7 Å². The number of ether oxygens (including phenoxy) is 2. The molecular weight excluding hydrogens is 298 g/mol. The molecule has 1 aromatic rings. The third kappa shape index (κ3) is 7.45. The van der Waals surface area contributed by atoms with E-state index < -0.39 is 23.9 Å². The molecule has 3 N–H and O–H groups in total. The number of benzene rings is 1. The summed E-state index contributed by atoms with van der Waals surface area (Å²) in [6.07, 6.45) is -2.30. The maximum absolute atomic E-state index is 11.5. The lowest BCUT2D eigenvalue weighted by molar-refractivity contribution is 0.0123. The molecule has 0 saturated heterocycles. The van der Waals surface area contributed by atoms with Crippen LogP contribution >= 0.6 is 0 Å². The van der Waals surface area contributed by atoms with Crippen molar-refractivity contribution in [2.75, 3.05) is 13.7 Å². The second kappa shape index (κ2) is 8.86. The normalized spacial score (nSPS) is 14.2. The number of amides is 1. The van der Waals surface area contributed by atoms with Crippen LogP contribution in [0.25, 0.3) is 0 Å². The zero-order chi connectivity index (χ0) is 17.5. The Labute approximate surface area is 137 Å². The SMILES string of the molecule is COCc1ccc(C(O)C(O)CCNC(=O)OC(C)(C)C)cc1. The summed E-state index contributed by atoms with van der Waals surface area (Å²) >= 11 is 0. The van der Waals surface area contributed by atoms with Gasteiger partial charge in [0.15, 0.2) is 0 Å². The molecule has 0 fully saturated rings. The fourth-order valence-electron chi connectivity index (χ4n) is 1.99. The smallest absolute Gasteiger partial charge is 0.407 e. The van der Waals surface area contributed by atoms with Crippen LogP contribution in [0.5, 0.6) is 0 Å². The molecule has 0 saturated carbocycles. The quantitative estimate of drug-likeness (QED) is 0.715. The maximum Gasteiger partial charge on any atom is 0.407 e. The van der Waals surface area contributed by atoms with Gasteiger partial charge in [0.2, 0.25) is 0 Å². The fourth-order valence-corrected chi connectivity index (χ4v) is 1.99. The highest BCUT2D eigenvalue weighted by atomic mass is 16.6. The highest BCUT2D eigenvalue weighted by Crippen LogP contribution is 2.19. The number of aliphatic hydroxyl groups excluding tert-OH is 2. The van der Waals surface area contributed by atoms with Gasteiger partial charge in [0.05, 0.1) is 12.7 Å². The molecule has 130 valence electrons. The van der Waals surface area contributed by atoms with Crippen LogP contribution in [-0.4, -0.2) is 41.7 Å². The molecule has 0 aromatic heterocycles. The van der Waals surface area contributed by atoms with Gasteiger partial charge >= 0.3 is 6.09 Å². The number of carbonyl (C=O) groups is 1. The van der Waals surface area contributed by atoms with Crippen molar-refractivity contribution >= 4 is 6.09 Å². The second-order valence-corrected chi connectivity index (χ2v) is 6.40. The summed E-state index contributed by atoms with van der Waals surface area (Å²) in [5.74, 6) is 0. The van der Waals surface area contributed by atoms with Gasteiger partial charge in [-0.2, -0.15) is 0 Å². The first-order chi connectivity index (χ1) is 10.7. The molecule has 0 heterocycles. The van der Waals surface area contributed by atoms with Crippen LogP contribution in [0, 0.1) is 0 Å². The Morgan fingerprint density at radius 3 is 2.35 bits per heavy atom. The molecule has 0 spiro atoms. The molecule has 23 heavy (non-hydrogen) atoms. The minimum absolute atomic E-state index is 0.217. The first-order valence-corrected chi connectivity index (χ1v) is 7.63. The molecule has 1 aromatic carbocycles. The Morgan fingerprint density at radius 1 is 1.22 bits per heavy atom. The van der Waals surface area contributed by atoms with Crippen LogP contribution in [-0.2, 0) is 16.1 Å². The summed E-state index contributed by atoms with van der Waals surface area (Å²) < 4.78 is 10.1. The van der Waals surface area contributed by atoms with Gasteiger partial charge in [0.1, 0.15) is 11.7 Å². The van der Waals surface area contributed by atoms with E-state index in [1.165, 1.54) is 0 Å². The third-order valence-electron chi connectivity index (χ3n) is 3.11. The number of methoxy groups -OCH3 is 1. The van der Waals surface area contributed by atoms with Crippen molar-refractivity contribution in [2.45, 2.75) is 51.6 Å². The summed E-state index contributed by atoms with van der Waals surface area (Å²) in [5, 5.41) is 22.7. The largest absolute Gasteiger partial charge is 0.444 e. The van der Waals surface area contributed by atoms with Crippen molar-refractivity contribution in [1.29, 1.82) is 0 Å². The highest BCUT2D eigenvalue weighted by molar-refractivity contribution is 5.67. The maximum atomic E-state index is 11.5. The number of carbonyl (C=O) groups excluding carboxylic acids is 1. The Bertz CT molecular complexity index is 481. The molecular formula is C17H27NO5. The minimum Gasteiger partial charge on any atom is -0.444 e. The van der Waals surface area contributed by atoms with Crippen LogP contribution < -0.4 is 5.32 Å². The van der Waals surface area contributed by atoms with Crippen LogP contribution in [0.15, 0.2) is 24.3 Å². The Hall–Kier alpha value is -1.63.